The second-order valence-electron chi connectivity index (χ2n) is 9.22. The summed E-state index contributed by atoms with van der Waals surface area (Å²) in [5.41, 5.74) is 10.1. The summed E-state index contributed by atoms with van der Waals surface area (Å²) < 4.78 is 17.9. The Kier molecular flexibility index (Phi) is 5.17. The molecule has 4 rings (SSSR count). The Hall–Kier alpha value is -2.72. The van der Waals surface area contributed by atoms with Crippen LogP contribution >= 0.6 is 0 Å². The van der Waals surface area contributed by atoms with Crippen LogP contribution in [0.15, 0.2) is 17.5 Å². The lowest BCUT2D eigenvalue weighted by Crippen LogP contribution is -2.50. The molecular formula is C20H26N6O5. The van der Waals surface area contributed by atoms with Gasteiger partial charge in [-0.25, -0.2) is 14.8 Å². The largest absolute Gasteiger partial charge is 0.444 e. The summed E-state index contributed by atoms with van der Waals surface area (Å²) in [6, 6.07) is -1.26. The van der Waals surface area contributed by atoms with Crippen molar-refractivity contribution in [1.82, 2.24) is 14.9 Å². The van der Waals surface area contributed by atoms with Crippen LogP contribution in [-0.4, -0.2) is 68.4 Å². The van der Waals surface area contributed by atoms with Gasteiger partial charge >= 0.3 is 6.09 Å². The van der Waals surface area contributed by atoms with Gasteiger partial charge < -0.3 is 19.3 Å². The second-order valence-corrected chi connectivity index (χ2v) is 9.22. The Morgan fingerprint density at radius 2 is 2.10 bits per heavy atom. The molecule has 11 heteroatoms. The monoisotopic (exact) mass is 430 g/mol. The molecule has 0 spiro atoms. The minimum atomic E-state index is -0.870. The maximum Gasteiger partial charge on any atom is 0.411 e. The number of nitrogens with zero attached hydrogens (tertiary/aromatic N) is 6. The van der Waals surface area contributed by atoms with Crippen LogP contribution in [0.1, 0.15) is 45.9 Å². The van der Waals surface area contributed by atoms with Gasteiger partial charge in [-0.2, -0.15) is 0 Å². The van der Waals surface area contributed by atoms with Crippen molar-refractivity contribution in [1.29, 1.82) is 0 Å². The molecule has 11 nitrogen and oxygen atoms in total. The zero-order valence-electron chi connectivity index (χ0n) is 18.1. The first-order valence-electron chi connectivity index (χ1n) is 10.1. The topological polar surface area (TPSA) is 143 Å². The highest BCUT2D eigenvalue weighted by Crippen LogP contribution is 2.47. The van der Waals surface area contributed by atoms with E-state index in [0.29, 0.717) is 17.7 Å². The smallest absolute Gasteiger partial charge is 0.411 e. The van der Waals surface area contributed by atoms with Crippen LogP contribution < -0.4 is 0 Å². The Labute approximate surface area is 179 Å². The third-order valence-corrected chi connectivity index (χ3v) is 5.48. The molecule has 2 aliphatic heterocycles. The van der Waals surface area contributed by atoms with Crippen LogP contribution in [0.4, 0.5) is 10.6 Å². The highest BCUT2D eigenvalue weighted by Gasteiger charge is 2.61. The molecule has 2 fully saturated rings. The Morgan fingerprint density at radius 1 is 1.39 bits per heavy atom. The van der Waals surface area contributed by atoms with Gasteiger partial charge in [0, 0.05) is 10.5 Å². The van der Waals surface area contributed by atoms with Crippen molar-refractivity contribution >= 4 is 17.5 Å². The fourth-order valence-electron chi connectivity index (χ4n) is 4.50. The van der Waals surface area contributed by atoms with Crippen molar-refractivity contribution in [3.8, 4) is 0 Å². The summed E-state index contributed by atoms with van der Waals surface area (Å²) in [4.78, 5) is 26.0. The normalized spacial score (nSPS) is 28.6. The fraction of sp³-hybridized carbons (Fsp3) is 0.650. The minimum Gasteiger partial charge on any atom is -0.444 e. The van der Waals surface area contributed by atoms with E-state index < -0.39 is 41.8 Å². The lowest BCUT2D eigenvalue weighted by molar-refractivity contribution is -0.165. The van der Waals surface area contributed by atoms with E-state index in [1.54, 1.807) is 34.6 Å². The first-order valence-corrected chi connectivity index (χ1v) is 10.1. The average molecular weight is 430 g/mol. The lowest BCUT2D eigenvalue weighted by atomic mass is 9.99. The highest BCUT2D eigenvalue weighted by molar-refractivity contribution is 5.82. The summed E-state index contributed by atoms with van der Waals surface area (Å²) in [6.07, 6.45) is 2.05. The number of rotatable bonds is 3. The van der Waals surface area contributed by atoms with Crippen molar-refractivity contribution in [3.63, 3.8) is 0 Å². The summed E-state index contributed by atoms with van der Waals surface area (Å²) in [6.45, 7) is 8.63. The molecule has 166 valence electrons. The zero-order chi connectivity index (χ0) is 22.6. The Morgan fingerprint density at radius 3 is 2.74 bits per heavy atom. The van der Waals surface area contributed by atoms with Gasteiger partial charge in [-0.15, -0.1) is 0 Å². The third-order valence-electron chi connectivity index (χ3n) is 5.48. The number of hydrogen-bond donors (Lipinski definition) is 1. The lowest BCUT2D eigenvalue weighted by Gasteiger charge is -2.35. The number of ether oxygens (including phenoxy) is 3. The summed E-state index contributed by atoms with van der Waals surface area (Å²) >= 11 is 0. The molecule has 1 aromatic rings. The number of amides is 1. The van der Waals surface area contributed by atoms with E-state index >= 15 is 0 Å². The maximum atomic E-state index is 13.2. The van der Waals surface area contributed by atoms with Gasteiger partial charge in [-0.3, -0.25) is 4.90 Å². The van der Waals surface area contributed by atoms with Gasteiger partial charge in [0.05, 0.1) is 24.4 Å². The quantitative estimate of drug-likeness (QED) is 0.441. The van der Waals surface area contributed by atoms with Gasteiger partial charge in [-0.1, -0.05) is 6.08 Å². The van der Waals surface area contributed by atoms with E-state index in [1.165, 1.54) is 11.2 Å². The molecule has 1 N–H and O–H groups in total. The molecular weight excluding hydrogens is 404 g/mol. The minimum absolute atomic E-state index is 0.250. The predicted molar refractivity (Wildman–Crippen MR) is 109 cm³/mol. The van der Waals surface area contributed by atoms with Crippen molar-refractivity contribution in [3.05, 3.63) is 34.1 Å². The van der Waals surface area contributed by atoms with Crippen molar-refractivity contribution < 1.29 is 24.1 Å². The fourth-order valence-corrected chi connectivity index (χ4v) is 4.50. The molecule has 3 aliphatic rings. The Bertz CT molecular complexity index is 981. The van der Waals surface area contributed by atoms with Gasteiger partial charge in [-0.05, 0) is 57.3 Å². The van der Waals surface area contributed by atoms with E-state index in [2.05, 4.69) is 20.0 Å². The first kappa shape index (κ1) is 21.5. The molecule has 0 bridgehead atoms. The van der Waals surface area contributed by atoms with Gasteiger partial charge in [0.25, 0.3) is 0 Å². The maximum absolute atomic E-state index is 13.2. The standard InChI is InChI=1S/C20H26N6O5/c1-19(2,3)31-18(28)26-12(8-27)15-16(30-20(4,5)29-15)14(26)10-6-7-11-13(10)22-9-23-17(11)24-25-21/h6,9,12,14-16,27H,7-8H2,1-5H3/t12-,14-,15+,16-/m0/s1. The van der Waals surface area contributed by atoms with E-state index in [0.717, 1.165) is 5.57 Å². The van der Waals surface area contributed by atoms with Crippen LogP contribution in [-0.2, 0) is 20.6 Å². The summed E-state index contributed by atoms with van der Waals surface area (Å²) in [7, 11) is 0. The molecule has 0 unspecified atom stereocenters. The van der Waals surface area contributed by atoms with E-state index in [1.807, 2.05) is 6.08 Å². The van der Waals surface area contributed by atoms with Crippen LogP contribution in [0, 0.1) is 0 Å². The van der Waals surface area contributed by atoms with Crippen LogP contribution in [0.5, 0.6) is 0 Å². The molecule has 3 heterocycles. The summed E-state index contributed by atoms with van der Waals surface area (Å²) in [5, 5.41) is 13.8. The number of carbonyl (C=O) groups excluding carboxylic acids is 1. The number of allylic oxidation sites excluding steroid dienone is 1. The van der Waals surface area contributed by atoms with E-state index in [9.17, 15) is 9.90 Å². The number of hydrogen-bond acceptors (Lipinski definition) is 8. The Balaban J connectivity index is 1.79. The first-order chi connectivity index (χ1) is 14.6. The van der Waals surface area contributed by atoms with E-state index in [-0.39, 0.29) is 12.4 Å². The van der Waals surface area contributed by atoms with Crippen LogP contribution in [0.25, 0.3) is 16.0 Å². The second kappa shape index (κ2) is 7.45. The number of carbonyl (C=O) groups is 1. The number of likely N-dealkylation sites (tertiary alicyclic amines) is 1. The highest BCUT2D eigenvalue weighted by atomic mass is 16.8. The molecule has 1 aromatic heterocycles. The van der Waals surface area contributed by atoms with Gasteiger partial charge in [0.1, 0.15) is 30.0 Å². The van der Waals surface area contributed by atoms with Crippen molar-refractivity contribution in [2.75, 3.05) is 6.61 Å². The molecule has 1 aliphatic carbocycles. The average Bonchev–Trinajstić information content (AvgIpc) is 3.29. The van der Waals surface area contributed by atoms with Crippen molar-refractivity contribution in [2.45, 2.75) is 76.7 Å². The predicted octanol–water partition coefficient (Wildman–Crippen LogP) is 2.86. The third kappa shape index (κ3) is 3.74. The number of aliphatic hydroxyl groups excluding tert-OH is 1. The van der Waals surface area contributed by atoms with Gasteiger partial charge in [0.15, 0.2) is 5.79 Å². The summed E-state index contributed by atoms with van der Waals surface area (Å²) in [5.74, 6) is -0.620. The molecule has 2 saturated heterocycles. The van der Waals surface area contributed by atoms with Crippen LogP contribution in [0.2, 0.25) is 0 Å². The zero-order valence-corrected chi connectivity index (χ0v) is 18.1. The van der Waals surface area contributed by atoms with Crippen LogP contribution in [0.3, 0.4) is 0 Å². The van der Waals surface area contributed by atoms with Gasteiger partial charge in [0.2, 0.25) is 0 Å². The number of azide groups is 1. The molecule has 0 aromatic carbocycles. The van der Waals surface area contributed by atoms with Crippen molar-refractivity contribution in [2.24, 2.45) is 5.11 Å². The molecule has 31 heavy (non-hydrogen) atoms. The number of aliphatic hydroxyl groups is 1. The number of fused-ring (bicyclic) bond motifs is 2. The molecule has 0 saturated carbocycles. The molecule has 1 amide bonds. The van der Waals surface area contributed by atoms with E-state index in [4.69, 9.17) is 19.7 Å². The number of aromatic nitrogens is 2. The molecule has 0 radical (unpaired) electrons. The molecule has 4 atom stereocenters. The SMILES string of the molecule is CC(C)(C)OC(=O)N1[C@@H](CO)[C@H]2OC(C)(C)O[C@H]2[C@@H]1C1=CCc2c(N=[N+]=[N-])ncnc21.